The summed E-state index contributed by atoms with van der Waals surface area (Å²) < 4.78 is 15.7. The van der Waals surface area contributed by atoms with Gasteiger partial charge in [0.15, 0.2) is 5.79 Å². The van der Waals surface area contributed by atoms with Crippen molar-refractivity contribution in [3.05, 3.63) is 39.4 Å². The van der Waals surface area contributed by atoms with Gasteiger partial charge in [-0.2, -0.15) is 0 Å². The lowest BCUT2D eigenvalue weighted by Crippen LogP contribution is -2.49. The summed E-state index contributed by atoms with van der Waals surface area (Å²) in [5.41, 5.74) is -0.334. The summed E-state index contributed by atoms with van der Waals surface area (Å²) >= 11 is 0. The first-order valence-electron chi connectivity index (χ1n) is 7.79. The van der Waals surface area contributed by atoms with E-state index in [9.17, 15) is 24.5 Å². The molecule has 1 saturated heterocycles. The minimum absolute atomic E-state index is 0.0441. The summed E-state index contributed by atoms with van der Waals surface area (Å²) in [6, 6.07) is 3.42. The zero-order valence-electron chi connectivity index (χ0n) is 14.1. The van der Waals surface area contributed by atoms with Crippen molar-refractivity contribution in [1.29, 1.82) is 0 Å². The lowest BCUT2D eigenvalue weighted by molar-refractivity contribution is -0.384. The van der Waals surface area contributed by atoms with Gasteiger partial charge in [0.05, 0.1) is 36.4 Å². The Morgan fingerprint density at radius 2 is 1.92 bits per heavy atom. The van der Waals surface area contributed by atoms with Crippen molar-refractivity contribution >= 4 is 23.5 Å². The lowest BCUT2D eigenvalue weighted by Gasteiger charge is -2.32. The number of fused-ring (bicyclic) bond motifs is 1. The third-order valence-electron chi connectivity index (χ3n) is 4.51. The van der Waals surface area contributed by atoms with E-state index in [-0.39, 0.29) is 36.6 Å². The van der Waals surface area contributed by atoms with Gasteiger partial charge in [-0.05, 0) is 13.0 Å². The lowest BCUT2D eigenvalue weighted by atomic mass is 9.99. The first kappa shape index (κ1) is 18.0. The van der Waals surface area contributed by atoms with Crippen molar-refractivity contribution in [2.24, 2.45) is 5.92 Å². The minimum atomic E-state index is -1.34. The quantitative estimate of drug-likeness (QED) is 0.324. The van der Waals surface area contributed by atoms with Crippen LogP contribution >= 0.6 is 0 Å². The number of nitrogens with zero attached hydrogens (tertiary/aromatic N) is 2. The van der Waals surface area contributed by atoms with Crippen molar-refractivity contribution < 1.29 is 33.5 Å². The first-order chi connectivity index (χ1) is 12.3. The Bertz CT molecular complexity index is 799. The zero-order valence-corrected chi connectivity index (χ0v) is 14.1. The number of non-ortho nitro benzene ring substituents is 1. The maximum Gasteiger partial charge on any atom is 0.315 e. The van der Waals surface area contributed by atoms with Crippen LogP contribution in [0.3, 0.4) is 0 Å². The molecule has 2 amide bonds. The van der Waals surface area contributed by atoms with Gasteiger partial charge in [-0.15, -0.1) is 0 Å². The van der Waals surface area contributed by atoms with Crippen molar-refractivity contribution in [2.45, 2.75) is 12.7 Å². The van der Waals surface area contributed by atoms with Gasteiger partial charge < -0.3 is 14.2 Å². The predicted octanol–water partition coefficient (Wildman–Crippen LogP) is 0.743. The summed E-state index contributed by atoms with van der Waals surface area (Å²) in [6.07, 6.45) is 0. The number of carbonyl (C=O) groups is 3. The van der Waals surface area contributed by atoms with Gasteiger partial charge >= 0.3 is 5.97 Å². The summed E-state index contributed by atoms with van der Waals surface area (Å²) in [6.45, 7) is 1.73. The Morgan fingerprint density at radius 1 is 1.31 bits per heavy atom. The SMILES string of the molecule is COC(=O)C(CN1C(=O)c2ccc([N+](=O)[O-])cc2C1=O)C1(C)OCCO1. The highest BCUT2D eigenvalue weighted by atomic mass is 16.7. The first-order valence-corrected chi connectivity index (χ1v) is 7.79. The molecular formula is C16H16N2O8. The van der Waals surface area contributed by atoms with Gasteiger partial charge in [0.25, 0.3) is 17.5 Å². The molecule has 26 heavy (non-hydrogen) atoms. The molecule has 1 aromatic carbocycles. The van der Waals surface area contributed by atoms with Crippen molar-refractivity contribution in [1.82, 2.24) is 4.90 Å². The zero-order chi connectivity index (χ0) is 19.1. The van der Waals surface area contributed by atoms with Gasteiger partial charge in [0, 0.05) is 18.7 Å². The fourth-order valence-corrected chi connectivity index (χ4v) is 3.07. The Kier molecular flexibility index (Phi) is 4.46. The highest BCUT2D eigenvalue weighted by molar-refractivity contribution is 6.21. The fourth-order valence-electron chi connectivity index (χ4n) is 3.07. The molecule has 10 nitrogen and oxygen atoms in total. The third-order valence-corrected chi connectivity index (χ3v) is 4.51. The number of rotatable bonds is 5. The molecule has 1 unspecified atom stereocenters. The van der Waals surface area contributed by atoms with E-state index in [0.29, 0.717) is 0 Å². The van der Waals surface area contributed by atoms with Crippen LogP contribution in [-0.4, -0.2) is 60.3 Å². The molecule has 138 valence electrons. The summed E-state index contributed by atoms with van der Waals surface area (Å²) in [7, 11) is 1.18. The molecule has 0 aromatic heterocycles. The molecule has 0 N–H and O–H groups in total. The van der Waals surface area contributed by atoms with E-state index < -0.39 is 34.4 Å². The number of esters is 1. The van der Waals surface area contributed by atoms with Gasteiger partial charge in [-0.3, -0.25) is 29.4 Å². The normalized spacial score (nSPS) is 19.4. The average Bonchev–Trinajstić information content (AvgIpc) is 3.16. The minimum Gasteiger partial charge on any atom is -0.469 e. The smallest absolute Gasteiger partial charge is 0.315 e. The van der Waals surface area contributed by atoms with Crippen molar-refractivity contribution in [3.8, 4) is 0 Å². The molecule has 10 heteroatoms. The van der Waals surface area contributed by atoms with Crippen LogP contribution in [0.15, 0.2) is 18.2 Å². The van der Waals surface area contributed by atoms with E-state index in [1.165, 1.54) is 20.1 Å². The largest absolute Gasteiger partial charge is 0.469 e. The van der Waals surface area contributed by atoms with E-state index >= 15 is 0 Å². The fraction of sp³-hybridized carbons (Fsp3) is 0.438. The number of benzene rings is 1. The number of amides is 2. The number of hydrogen-bond donors (Lipinski definition) is 0. The van der Waals surface area contributed by atoms with Crippen LogP contribution in [0.25, 0.3) is 0 Å². The maximum atomic E-state index is 12.6. The van der Waals surface area contributed by atoms with E-state index in [1.807, 2.05) is 0 Å². The van der Waals surface area contributed by atoms with Gasteiger partial charge in [0.1, 0.15) is 5.92 Å². The van der Waals surface area contributed by atoms with E-state index in [0.717, 1.165) is 17.0 Å². The van der Waals surface area contributed by atoms with Crippen LogP contribution in [0.2, 0.25) is 0 Å². The van der Waals surface area contributed by atoms with Gasteiger partial charge in [-0.1, -0.05) is 0 Å². The average molecular weight is 364 g/mol. The van der Waals surface area contributed by atoms with Crippen LogP contribution < -0.4 is 0 Å². The van der Waals surface area contributed by atoms with Gasteiger partial charge in [-0.25, -0.2) is 0 Å². The Hall–Kier alpha value is -2.85. The van der Waals surface area contributed by atoms with E-state index in [1.54, 1.807) is 0 Å². The monoisotopic (exact) mass is 364 g/mol. The van der Waals surface area contributed by atoms with Crippen LogP contribution in [-0.2, 0) is 19.0 Å². The van der Waals surface area contributed by atoms with Crippen LogP contribution in [0.1, 0.15) is 27.6 Å². The Balaban J connectivity index is 1.91. The molecule has 1 aromatic rings. The van der Waals surface area contributed by atoms with E-state index in [2.05, 4.69) is 0 Å². The summed E-state index contributed by atoms with van der Waals surface area (Å²) in [4.78, 5) is 48.4. The highest BCUT2D eigenvalue weighted by Crippen LogP contribution is 2.33. The molecule has 2 aliphatic heterocycles. The second kappa shape index (κ2) is 6.46. The number of carbonyl (C=O) groups excluding carboxylic acids is 3. The summed E-state index contributed by atoms with van der Waals surface area (Å²) in [5, 5.41) is 10.9. The second-order valence-corrected chi connectivity index (χ2v) is 6.00. The molecule has 0 saturated carbocycles. The number of methoxy groups -OCH3 is 1. The third kappa shape index (κ3) is 2.82. The number of ether oxygens (including phenoxy) is 3. The maximum absolute atomic E-state index is 12.6. The standard InChI is InChI=1S/C16H16N2O8/c1-16(25-5-6-26-16)12(15(21)24-2)8-17-13(19)10-4-3-9(18(22)23)7-11(10)14(17)20/h3-4,7,12H,5-6,8H2,1-2H3. The number of imide groups is 1. The van der Waals surface area contributed by atoms with Crippen LogP contribution in [0, 0.1) is 16.0 Å². The van der Waals surface area contributed by atoms with E-state index in [4.69, 9.17) is 14.2 Å². The van der Waals surface area contributed by atoms with Crippen LogP contribution in [0.5, 0.6) is 0 Å². The van der Waals surface area contributed by atoms with Gasteiger partial charge in [0.2, 0.25) is 0 Å². The van der Waals surface area contributed by atoms with Crippen molar-refractivity contribution in [2.75, 3.05) is 26.9 Å². The van der Waals surface area contributed by atoms with Crippen LogP contribution in [0.4, 0.5) is 5.69 Å². The molecule has 2 heterocycles. The molecule has 0 radical (unpaired) electrons. The number of nitro groups is 1. The number of nitro benzene ring substituents is 1. The molecule has 2 aliphatic rings. The number of hydrogen-bond acceptors (Lipinski definition) is 8. The predicted molar refractivity (Wildman–Crippen MR) is 84.3 cm³/mol. The summed E-state index contributed by atoms with van der Waals surface area (Å²) in [5.74, 6) is -4.46. The molecule has 0 aliphatic carbocycles. The topological polar surface area (TPSA) is 125 Å². The molecule has 1 fully saturated rings. The highest BCUT2D eigenvalue weighted by Gasteiger charge is 2.49. The Labute approximate surface area is 147 Å². The molecule has 1 atom stereocenters. The molecular weight excluding hydrogens is 348 g/mol. The molecule has 0 bridgehead atoms. The second-order valence-electron chi connectivity index (χ2n) is 6.00. The molecule has 0 spiro atoms. The molecule has 3 rings (SSSR count). The Morgan fingerprint density at radius 3 is 2.50 bits per heavy atom. The van der Waals surface area contributed by atoms with Crippen molar-refractivity contribution in [3.63, 3.8) is 0 Å².